The van der Waals surface area contributed by atoms with Crippen molar-refractivity contribution in [3.63, 3.8) is 0 Å². The molecule has 0 saturated carbocycles. The molecule has 0 aromatic carbocycles. The van der Waals surface area contributed by atoms with Crippen molar-refractivity contribution < 1.29 is 4.79 Å². The third kappa shape index (κ3) is 4.01. The lowest BCUT2D eigenvalue weighted by molar-refractivity contribution is -0.136. The first-order valence-electron chi connectivity index (χ1n) is 6.50. The topological polar surface area (TPSA) is 56.1 Å². The van der Waals surface area contributed by atoms with Crippen molar-refractivity contribution in [2.45, 2.75) is 39.7 Å². The summed E-state index contributed by atoms with van der Waals surface area (Å²) in [6.45, 7) is 8.14. The maximum Gasteiger partial charge on any atom is 0.225 e. The highest BCUT2D eigenvalue weighted by Gasteiger charge is 2.28. The number of carbonyl (C=O) groups is 1. The predicted molar refractivity (Wildman–Crippen MR) is 67.2 cm³/mol. The fraction of sp³-hybridized carbons (Fsp3) is 0.846. The van der Waals surface area contributed by atoms with E-state index in [0.29, 0.717) is 19.1 Å². The number of carbonyl (C=O) groups excluding carboxylic acids is 1. The molecule has 96 valence electrons. The van der Waals surface area contributed by atoms with Crippen LogP contribution in [0.15, 0.2) is 0 Å². The Morgan fingerprint density at radius 3 is 2.88 bits per heavy atom. The van der Waals surface area contributed by atoms with Crippen LogP contribution in [0.1, 0.15) is 33.6 Å². The Hall–Kier alpha value is -1.08. The third-order valence-electron chi connectivity index (χ3n) is 3.38. The fourth-order valence-corrected chi connectivity index (χ4v) is 2.36. The van der Waals surface area contributed by atoms with Gasteiger partial charge in [0.2, 0.25) is 5.91 Å². The first-order chi connectivity index (χ1) is 8.08. The van der Waals surface area contributed by atoms with E-state index in [1.54, 1.807) is 0 Å². The average molecular weight is 237 g/mol. The number of nitrogens with one attached hydrogen (secondary N) is 1. The van der Waals surface area contributed by atoms with E-state index in [-0.39, 0.29) is 17.7 Å². The summed E-state index contributed by atoms with van der Waals surface area (Å²) in [4.78, 5) is 14.1. The number of nitrogens with zero attached hydrogens (tertiary/aromatic N) is 2. The molecule has 1 fully saturated rings. The van der Waals surface area contributed by atoms with Gasteiger partial charge in [0.15, 0.2) is 0 Å². The number of hydrogen-bond acceptors (Lipinski definition) is 3. The van der Waals surface area contributed by atoms with Gasteiger partial charge in [-0.05, 0) is 40.2 Å². The summed E-state index contributed by atoms with van der Waals surface area (Å²) in [5.41, 5.74) is 0. The quantitative estimate of drug-likeness (QED) is 0.803. The minimum absolute atomic E-state index is 0.0851. The van der Waals surface area contributed by atoms with Crippen LogP contribution in [0.25, 0.3) is 0 Å². The molecule has 1 aliphatic heterocycles. The SMILES string of the molecule is CCN(CC(C)C#N)C(=O)C1CCNC(C)C1. The summed E-state index contributed by atoms with van der Waals surface area (Å²) in [5, 5.41) is 12.2. The van der Waals surface area contributed by atoms with Crippen molar-refractivity contribution in [2.75, 3.05) is 19.6 Å². The van der Waals surface area contributed by atoms with Crippen LogP contribution in [-0.4, -0.2) is 36.5 Å². The summed E-state index contributed by atoms with van der Waals surface area (Å²) >= 11 is 0. The molecule has 1 aliphatic rings. The van der Waals surface area contributed by atoms with E-state index < -0.39 is 0 Å². The van der Waals surface area contributed by atoms with Crippen LogP contribution >= 0.6 is 0 Å². The number of hydrogen-bond donors (Lipinski definition) is 1. The van der Waals surface area contributed by atoms with E-state index in [9.17, 15) is 4.79 Å². The lowest BCUT2D eigenvalue weighted by Gasteiger charge is -2.32. The predicted octanol–water partition coefficient (Wildman–Crippen LogP) is 1.38. The molecule has 1 heterocycles. The first-order valence-corrected chi connectivity index (χ1v) is 6.50. The highest BCUT2D eigenvalue weighted by atomic mass is 16.2. The van der Waals surface area contributed by atoms with Gasteiger partial charge in [0, 0.05) is 25.0 Å². The van der Waals surface area contributed by atoms with Gasteiger partial charge in [-0.1, -0.05) is 0 Å². The largest absolute Gasteiger partial charge is 0.341 e. The van der Waals surface area contributed by atoms with Crippen molar-refractivity contribution in [2.24, 2.45) is 11.8 Å². The third-order valence-corrected chi connectivity index (χ3v) is 3.38. The molecule has 4 heteroatoms. The molecule has 0 aromatic heterocycles. The van der Waals surface area contributed by atoms with Crippen LogP contribution in [0.2, 0.25) is 0 Å². The summed E-state index contributed by atoms with van der Waals surface area (Å²) in [6.07, 6.45) is 1.83. The molecule has 1 N–H and O–H groups in total. The Morgan fingerprint density at radius 2 is 2.35 bits per heavy atom. The maximum atomic E-state index is 12.3. The zero-order valence-electron chi connectivity index (χ0n) is 11.1. The molecule has 4 nitrogen and oxygen atoms in total. The van der Waals surface area contributed by atoms with Crippen LogP contribution in [0.5, 0.6) is 0 Å². The minimum atomic E-state index is -0.0851. The molecule has 1 saturated heterocycles. The molecule has 3 atom stereocenters. The van der Waals surface area contributed by atoms with Crippen molar-refractivity contribution in [1.82, 2.24) is 10.2 Å². The van der Waals surface area contributed by atoms with E-state index in [0.717, 1.165) is 19.4 Å². The van der Waals surface area contributed by atoms with Gasteiger partial charge in [0.1, 0.15) is 0 Å². The Morgan fingerprint density at radius 1 is 1.65 bits per heavy atom. The Balaban J connectivity index is 2.56. The minimum Gasteiger partial charge on any atom is -0.341 e. The Bertz CT molecular complexity index is 298. The molecule has 0 aromatic rings. The van der Waals surface area contributed by atoms with Crippen molar-refractivity contribution in [1.29, 1.82) is 5.26 Å². The number of amides is 1. The molecule has 0 aliphatic carbocycles. The highest BCUT2D eigenvalue weighted by molar-refractivity contribution is 5.79. The molecular formula is C13H23N3O. The van der Waals surface area contributed by atoms with Gasteiger partial charge >= 0.3 is 0 Å². The van der Waals surface area contributed by atoms with Crippen LogP contribution in [0, 0.1) is 23.2 Å². The monoisotopic (exact) mass is 237 g/mol. The van der Waals surface area contributed by atoms with Gasteiger partial charge < -0.3 is 10.2 Å². The van der Waals surface area contributed by atoms with Gasteiger partial charge in [0.25, 0.3) is 0 Å². The zero-order chi connectivity index (χ0) is 12.8. The summed E-state index contributed by atoms with van der Waals surface area (Å²) in [6, 6.07) is 2.61. The number of piperidine rings is 1. The molecule has 1 rings (SSSR count). The van der Waals surface area contributed by atoms with E-state index in [1.807, 2.05) is 18.7 Å². The number of nitriles is 1. The van der Waals surface area contributed by atoms with Gasteiger partial charge in [-0.25, -0.2) is 0 Å². The summed E-state index contributed by atoms with van der Waals surface area (Å²) in [7, 11) is 0. The lowest BCUT2D eigenvalue weighted by Crippen LogP contribution is -2.45. The van der Waals surface area contributed by atoms with E-state index in [4.69, 9.17) is 5.26 Å². The van der Waals surface area contributed by atoms with E-state index in [2.05, 4.69) is 18.3 Å². The first kappa shape index (κ1) is 14.0. The Labute approximate surface area is 104 Å². The van der Waals surface area contributed by atoms with Gasteiger partial charge in [-0.3, -0.25) is 4.79 Å². The molecule has 3 unspecified atom stereocenters. The van der Waals surface area contributed by atoms with Gasteiger partial charge in [-0.2, -0.15) is 5.26 Å². The molecular weight excluding hydrogens is 214 g/mol. The van der Waals surface area contributed by atoms with Crippen LogP contribution in [-0.2, 0) is 4.79 Å². The van der Waals surface area contributed by atoms with E-state index in [1.165, 1.54) is 0 Å². The second kappa shape index (κ2) is 6.61. The smallest absolute Gasteiger partial charge is 0.225 e. The van der Waals surface area contributed by atoms with Crippen LogP contribution in [0.4, 0.5) is 0 Å². The molecule has 0 spiro atoms. The number of rotatable bonds is 4. The normalized spacial score (nSPS) is 26.0. The highest BCUT2D eigenvalue weighted by Crippen LogP contribution is 2.19. The van der Waals surface area contributed by atoms with E-state index >= 15 is 0 Å². The van der Waals surface area contributed by atoms with Gasteiger partial charge in [-0.15, -0.1) is 0 Å². The van der Waals surface area contributed by atoms with Crippen LogP contribution < -0.4 is 5.32 Å². The second-order valence-corrected chi connectivity index (χ2v) is 4.98. The summed E-state index contributed by atoms with van der Waals surface area (Å²) in [5.74, 6) is 0.276. The molecule has 1 amide bonds. The zero-order valence-corrected chi connectivity index (χ0v) is 11.1. The van der Waals surface area contributed by atoms with Crippen molar-refractivity contribution in [3.8, 4) is 6.07 Å². The molecule has 0 bridgehead atoms. The maximum absolute atomic E-state index is 12.3. The summed E-state index contributed by atoms with van der Waals surface area (Å²) < 4.78 is 0. The second-order valence-electron chi connectivity index (χ2n) is 4.98. The Kier molecular flexibility index (Phi) is 5.43. The molecule has 0 radical (unpaired) electrons. The van der Waals surface area contributed by atoms with Crippen molar-refractivity contribution >= 4 is 5.91 Å². The van der Waals surface area contributed by atoms with Crippen molar-refractivity contribution in [3.05, 3.63) is 0 Å². The standard InChI is InChI=1S/C13H23N3O/c1-4-16(9-10(2)8-14)13(17)12-5-6-15-11(3)7-12/h10-12,15H,4-7,9H2,1-3H3. The molecule has 17 heavy (non-hydrogen) atoms. The lowest BCUT2D eigenvalue weighted by atomic mass is 9.91. The fourth-order valence-electron chi connectivity index (χ4n) is 2.36. The van der Waals surface area contributed by atoms with Crippen LogP contribution in [0.3, 0.4) is 0 Å². The van der Waals surface area contributed by atoms with Gasteiger partial charge in [0.05, 0.1) is 12.0 Å². The average Bonchev–Trinajstić information content (AvgIpc) is 2.34.